The van der Waals surface area contributed by atoms with Gasteiger partial charge in [0.15, 0.2) is 5.58 Å². The number of para-hydroxylation sites is 1. The minimum Gasteiger partial charge on any atom is -0.394 e. The molecule has 1 aliphatic rings. The zero-order chi connectivity index (χ0) is 14.7. The number of hydrogen-bond donors (Lipinski definition) is 2. The third kappa shape index (κ3) is 2.91. The van der Waals surface area contributed by atoms with Crippen molar-refractivity contribution in [1.82, 2.24) is 10.5 Å². The monoisotopic (exact) mass is 290 g/mol. The molecule has 112 valence electrons. The van der Waals surface area contributed by atoms with Crippen LogP contribution in [0.1, 0.15) is 18.5 Å². The number of rotatable bonds is 4. The van der Waals surface area contributed by atoms with Crippen LogP contribution in [0.4, 0.5) is 0 Å². The highest BCUT2D eigenvalue weighted by molar-refractivity contribution is 5.86. The lowest BCUT2D eigenvalue weighted by Gasteiger charge is -2.36. The average Bonchev–Trinajstić information content (AvgIpc) is 2.91. The number of hydrogen-bond acceptors (Lipinski definition) is 5. The molecule has 1 aliphatic heterocycles. The van der Waals surface area contributed by atoms with Crippen LogP contribution < -0.4 is 5.32 Å². The number of amides is 1. The Morgan fingerprint density at radius 1 is 1.33 bits per heavy atom. The van der Waals surface area contributed by atoms with Crippen molar-refractivity contribution in [2.24, 2.45) is 0 Å². The zero-order valence-electron chi connectivity index (χ0n) is 11.7. The molecule has 0 atom stereocenters. The smallest absolute Gasteiger partial charge is 0.226 e. The van der Waals surface area contributed by atoms with Crippen LogP contribution in [0.15, 0.2) is 28.8 Å². The van der Waals surface area contributed by atoms with Crippen molar-refractivity contribution in [3.63, 3.8) is 0 Å². The van der Waals surface area contributed by atoms with Gasteiger partial charge < -0.3 is 19.7 Å². The molecular formula is C15H18N2O4. The Hall–Kier alpha value is -1.92. The Bertz CT molecular complexity index is 631. The van der Waals surface area contributed by atoms with Crippen LogP contribution in [-0.4, -0.2) is 41.5 Å². The van der Waals surface area contributed by atoms with Crippen molar-refractivity contribution in [3.8, 4) is 0 Å². The van der Waals surface area contributed by atoms with Crippen molar-refractivity contribution in [2.45, 2.75) is 24.8 Å². The number of aliphatic hydroxyl groups is 1. The number of carbonyl (C=O) groups is 1. The molecule has 2 aromatic rings. The average molecular weight is 290 g/mol. The second kappa shape index (κ2) is 5.83. The molecule has 6 heteroatoms. The summed E-state index contributed by atoms with van der Waals surface area (Å²) in [5.41, 5.74) is 0.709. The molecule has 0 spiro atoms. The molecule has 0 radical (unpaired) electrons. The molecule has 0 saturated carbocycles. The van der Waals surface area contributed by atoms with Gasteiger partial charge in [0.25, 0.3) is 0 Å². The van der Waals surface area contributed by atoms with E-state index in [-0.39, 0.29) is 18.9 Å². The molecule has 0 aliphatic carbocycles. The van der Waals surface area contributed by atoms with E-state index < -0.39 is 5.54 Å². The molecular weight excluding hydrogens is 272 g/mol. The molecule has 1 aromatic heterocycles. The number of benzene rings is 1. The van der Waals surface area contributed by atoms with E-state index in [0.717, 1.165) is 5.39 Å². The van der Waals surface area contributed by atoms with Gasteiger partial charge in [-0.2, -0.15) is 0 Å². The van der Waals surface area contributed by atoms with Gasteiger partial charge in [-0.1, -0.05) is 17.3 Å². The summed E-state index contributed by atoms with van der Waals surface area (Å²) in [6.07, 6.45) is 1.38. The summed E-state index contributed by atoms with van der Waals surface area (Å²) < 4.78 is 10.5. The van der Waals surface area contributed by atoms with Crippen LogP contribution in [0.5, 0.6) is 0 Å². The number of nitrogens with zero attached hydrogens (tertiary/aromatic N) is 1. The summed E-state index contributed by atoms with van der Waals surface area (Å²) in [7, 11) is 0. The summed E-state index contributed by atoms with van der Waals surface area (Å²) in [6, 6.07) is 7.44. The first-order chi connectivity index (χ1) is 10.2. The zero-order valence-corrected chi connectivity index (χ0v) is 11.7. The second-order valence-corrected chi connectivity index (χ2v) is 5.40. The predicted molar refractivity (Wildman–Crippen MR) is 75.7 cm³/mol. The maximum atomic E-state index is 12.2. The summed E-state index contributed by atoms with van der Waals surface area (Å²) in [5, 5.41) is 17.3. The Morgan fingerprint density at radius 2 is 2.10 bits per heavy atom. The molecule has 1 saturated heterocycles. The van der Waals surface area contributed by atoms with Gasteiger partial charge in [-0.05, 0) is 25.0 Å². The third-order valence-corrected chi connectivity index (χ3v) is 3.94. The lowest BCUT2D eigenvalue weighted by atomic mass is 9.90. The Labute approximate surface area is 122 Å². The van der Waals surface area contributed by atoms with E-state index in [9.17, 15) is 9.90 Å². The number of carbonyl (C=O) groups excluding carboxylic acids is 1. The molecule has 3 rings (SSSR count). The lowest BCUT2D eigenvalue weighted by Crippen LogP contribution is -2.55. The van der Waals surface area contributed by atoms with Crippen LogP contribution in [0, 0.1) is 0 Å². The van der Waals surface area contributed by atoms with Crippen molar-refractivity contribution >= 4 is 16.9 Å². The van der Waals surface area contributed by atoms with Gasteiger partial charge in [0.1, 0.15) is 5.69 Å². The molecule has 21 heavy (non-hydrogen) atoms. The van der Waals surface area contributed by atoms with Gasteiger partial charge in [-0.15, -0.1) is 0 Å². The van der Waals surface area contributed by atoms with Gasteiger partial charge in [-0.25, -0.2) is 0 Å². The minimum atomic E-state index is -0.575. The highest BCUT2D eigenvalue weighted by atomic mass is 16.5. The maximum Gasteiger partial charge on any atom is 0.226 e. The molecule has 0 bridgehead atoms. The number of nitrogens with one attached hydrogen (secondary N) is 1. The first kappa shape index (κ1) is 14.0. The minimum absolute atomic E-state index is 0.0817. The van der Waals surface area contributed by atoms with Gasteiger partial charge in [0.2, 0.25) is 5.91 Å². The predicted octanol–water partition coefficient (Wildman–Crippen LogP) is 1.03. The fraction of sp³-hybridized carbons (Fsp3) is 0.467. The van der Waals surface area contributed by atoms with E-state index in [2.05, 4.69) is 10.5 Å². The van der Waals surface area contributed by atoms with E-state index in [0.29, 0.717) is 37.3 Å². The highest BCUT2D eigenvalue weighted by Crippen LogP contribution is 2.21. The van der Waals surface area contributed by atoms with Gasteiger partial charge >= 0.3 is 0 Å². The fourth-order valence-electron chi connectivity index (χ4n) is 2.64. The second-order valence-electron chi connectivity index (χ2n) is 5.40. The Morgan fingerprint density at radius 3 is 2.86 bits per heavy atom. The summed E-state index contributed by atoms with van der Waals surface area (Å²) in [6.45, 7) is 1.02. The number of aliphatic hydroxyl groups excluding tert-OH is 1. The standard InChI is InChI=1S/C15H18N2O4/c18-10-15(5-7-20-8-6-15)16-14(19)9-12-11-3-1-2-4-13(11)21-17-12/h1-4,18H,5-10H2,(H,16,19). The summed E-state index contributed by atoms with van der Waals surface area (Å²) in [5.74, 6) is -0.162. The topological polar surface area (TPSA) is 84.6 Å². The largest absolute Gasteiger partial charge is 0.394 e. The Kier molecular flexibility index (Phi) is 3.90. The van der Waals surface area contributed by atoms with E-state index in [1.807, 2.05) is 24.3 Å². The fourth-order valence-corrected chi connectivity index (χ4v) is 2.64. The highest BCUT2D eigenvalue weighted by Gasteiger charge is 2.33. The summed E-state index contributed by atoms with van der Waals surface area (Å²) in [4.78, 5) is 12.2. The summed E-state index contributed by atoms with van der Waals surface area (Å²) >= 11 is 0. The molecule has 0 unspecified atom stereocenters. The first-order valence-corrected chi connectivity index (χ1v) is 7.05. The number of fused-ring (bicyclic) bond motifs is 1. The van der Waals surface area contributed by atoms with Crippen LogP contribution in [0.25, 0.3) is 11.0 Å². The first-order valence-electron chi connectivity index (χ1n) is 7.05. The van der Waals surface area contributed by atoms with Gasteiger partial charge in [0.05, 0.1) is 18.6 Å². The Balaban J connectivity index is 1.71. The van der Waals surface area contributed by atoms with Crippen molar-refractivity contribution in [1.29, 1.82) is 0 Å². The van der Waals surface area contributed by atoms with Crippen LogP contribution in [-0.2, 0) is 16.0 Å². The quantitative estimate of drug-likeness (QED) is 0.878. The molecule has 6 nitrogen and oxygen atoms in total. The van der Waals surface area contributed by atoms with Crippen LogP contribution in [0.3, 0.4) is 0 Å². The molecule has 2 heterocycles. The van der Waals surface area contributed by atoms with E-state index in [4.69, 9.17) is 9.26 Å². The maximum absolute atomic E-state index is 12.2. The SMILES string of the molecule is O=C(Cc1noc2ccccc12)NC1(CO)CCOCC1. The van der Waals surface area contributed by atoms with E-state index in [1.54, 1.807) is 0 Å². The molecule has 1 amide bonds. The van der Waals surface area contributed by atoms with E-state index in [1.165, 1.54) is 0 Å². The van der Waals surface area contributed by atoms with E-state index >= 15 is 0 Å². The van der Waals surface area contributed by atoms with Crippen molar-refractivity contribution < 1.29 is 19.2 Å². The van der Waals surface area contributed by atoms with Gasteiger partial charge in [0, 0.05) is 18.6 Å². The molecule has 1 fully saturated rings. The molecule has 2 N–H and O–H groups in total. The van der Waals surface area contributed by atoms with Gasteiger partial charge in [-0.3, -0.25) is 4.79 Å². The lowest BCUT2D eigenvalue weighted by molar-refractivity contribution is -0.124. The number of aromatic nitrogens is 1. The molecule has 1 aromatic carbocycles. The van der Waals surface area contributed by atoms with Crippen molar-refractivity contribution in [2.75, 3.05) is 19.8 Å². The third-order valence-electron chi connectivity index (χ3n) is 3.94. The van der Waals surface area contributed by atoms with Crippen molar-refractivity contribution in [3.05, 3.63) is 30.0 Å². The van der Waals surface area contributed by atoms with Crippen LogP contribution in [0.2, 0.25) is 0 Å². The number of ether oxygens (including phenoxy) is 1. The normalized spacial score (nSPS) is 17.8. The van der Waals surface area contributed by atoms with Crippen LogP contribution >= 0.6 is 0 Å².